The largest absolute Gasteiger partial charge is 0.352 e. The van der Waals surface area contributed by atoms with Crippen molar-refractivity contribution in [3.05, 3.63) is 22.4 Å². The minimum Gasteiger partial charge on any atom is -0.352 e. The first-order valence-corrected chi connectivity index (χ1v) is 10.0. The third kappa shape index (κ3) is 4.62. The van der Waals surface area contributed by atoms with Gasteiger partial charge in [-0.3, -0.25) is 19.3 Å². The molecule has 1 aliphatic carbocycles. The van der Waals surface area contributed by atoms with E-state index < -0.39 is 6.04 Å². The summed E-state index contributed by atoms with van der Waals surface area (Å²) in [5, 5.41) is 7.63. The predicted octanol–water partition coefficient (Wildman–Crippen LogP) is 0.678. The Balaban J connectivity index is 1.45. The highest BCUT2D eigenvalue weighted by atomic mass is 32.1. The molecule has 26 heavy (non-hydrogen) atoms. The van der Waals surface area contributed by atoms with Crippen molar-refractivity contribution >= 4 is 29.1 Å². The van der Waals surface area contributed by atoms with Crippen LogP contribution in [0.4, 0.5) is 0 Å². The number of hydrogen-bond acceptors (Lipinski definition) is 5. The highest BCUT2D eigenvalue weighted by Gasteiger charge is 2.32. The third-order valence-electron chi connectivity index (χ3n) is 4.94. The second kappa shape index (κ2) is 8.18. The van der Waals surface area contributed by atoms with Gasteiger partial charge in [0.15, 0.2) is 0 Å². The molecule has 2 unspecified atom stereocenters. The Hall–Kier alpha value is -1.93. The molecule has 3 amide bonds. The molecule has 7 nitrogen and oxygen atoms in total. The second-order valence-corrected chi connectivity index (χ2v) is 7.94. The van der Waals surface area contributed by atoms with E-state index in [1.807, 2.05) is 18.4 Å². The van der Waals surface area contributed by atoms with Gasteiger partial charge in [-0.05, 0) is 38.1 Å². The summed E-state index contributed by atoms with van der Waals surface area (Å²) in [6, 6.07) is 3.17. The summed E-state index contributed by atoms with van der Waals surface area (Å²) in [5.74, 6) is -0.224. The molecule has 0 spiro atoms. The summed E-state index contributed by atoms with van der Waals surface area (Å²) in [7, 11) is 0. The number of nitrogens with one attached hydrogen (secondary N) is 2. The molecule has 8 heteroatoms. The first kappa shape index (κ1) is 18.8. The topological polar surface area (TPSA) is 81.8 Å². The Morgan fingerprint density at radius 3 is 2.42 bits per heavy atom. The molecule has 2 atom stereocenters. The van der Waals surface area contributed by atoms with Gasteiger partial charge in [0.05, 0.1) is 10.9 Å². The minimum absolute atomic E-state index is 0.0730. The highest BCUT2D eigenvalue weighted by Crippen LogP contribution is 2.19. The van der Waals surface area contributed by atoms with Crippen LogP contribution in [0, 0.1) is 0 Å². The lowest BCUT2D eigenvalue weighted by atomic mass is 10.2. The average Bonchev–Trinajstić information content (AvgIpc) is 3.28. The average molecular weight is 378 g/mol. The summed E-state index contributed by atoms with van der Waals surface area (Å²) in [4.78, 5) is 41.3. The molecular formula is C18H26N4O3S. The van der Waals surface area contributed by atoms with Crippen LogP contribution in [-0.4, -0.2) is 71.8 Å². The van der Waals surface area contributed by atoms with Crippen LogP contribution in [0.1, 0.15) is 36.4 Å². The first-order valence-electron chi connectivity index (χ1n) is 9.13. The number of piperazine rings is 1. The van der Waals surface area contributed by atoms with Crippen molar-refractivity contribution < 1.29 is 14.4 Å². The molecule has 3 rings (SSSR count). The summed E-state index contributed by atoms with van der Waals surface area (Å²) in [6.45, 7) is 6.09. The molecule has 1 saturated heterocycles. The van der Waals surface area contributed by atoms with Gasteiger partial charge in [-0.25, -0.2) is 0 Å². The summed E-state index contributed by atoms with van der Waals surface area (Å²) in [6.07, 6.45) is 2.16. The highest BCUT2D eigenvalue weighted by molar-refractivity contribution is 7.12. The van der Waals surface area contributed by atoms with E-state index in [0.29, 0.717) is 37.1 Å². The lowest BCUT2D eigenvalue weighted by Crippen LogP contribution is -2.57. The second-order valence-electron chi connectivity index (χ2n) is 6.99. The fraction of sp³-hybridized carbons (Fsp3) is 0.611. The molecule has 2 N–H and O–H groups in total. The molecule has 2 aliphatic rings. The van der Waals surface area contributed by atoms with Gasteiger partial charge in [0, 0.05) is 32.2 Å². The van der Waals surface area contributed by atoms with Crippen LogP contribution in [0.15, 0.2) is 17.5 Å². The van der Waals surface area contributed by atoms with Crippen LogP contribution < -0.4 is 10.6 Å². The molecule has 1 aliphatic heterocycles. The van der Waals surface area contributed by atoms with Gasteiger partial charge < -0.3 is 15.5 Å². The number of carbonyl (C=O) groups is 3. The number of carbonyl (C=O) groups excluding carboxylic acids is 3. The molecule has 0 bridgehead atoms. The SMILES string of the molecule is CC(NC(=O)c1cccs1)C(=O)N1CCN(C(C)C(=O)NC2CC2)CC1. The predicted molar refractivity (Wildman–Crippen MR) is 100 cm³/mol. The van der Waals surface area contributed by atoms with Crippen LogP contribution in [0.5, 0.6) is 0 Å². The van der Waals surface area contributed by atoms with E-state index >= 15 is 0 Å². The van der Waals surface area contributed by atoms with Crippen LogP contribution in [0.2, 0.25) is 0 Å². The third-order valence-corrected chi connectivity index (χ3v) is 5.81. The van der Waals surface area contributed by atoms with Gasteiger partial charge in [-0.1, -0.05) is 6.07 Å². The van der Waals surface area contributed by atoms with E-state index in [-0.39, 0.29) is 23.8 Å². The van der Waals surface area contributed by atoms with Gasteiger partial charge in [-0.2, -0.15) is 0 Å². The van der Waals surface area contributed by atoms with Crippen molar-refractivity contribution in [3.8, 4) is 0 Å². The maximum absolute atomic E-state index is 12.6. The maximum Gasteiger partial charge on any atom is 0.261 e. The number of thiophene rings is 1. The van der Waals surface area contributed by atoms with Crippen molar-refractivity contribution in [1.29, 1.82) is 0 Å². The quantitative estimate of drug-likeness (QED) is 0.763. The van der Waals surface area contributed by atoms with Gasteiger partial charge in [0.2, 0.25) is 11.8 Å². The number of amides is 3. The standard InChI is InChI=1S/C18H26N4O3S/c1-12(19-17(24)15-4-3-11-26-15)18(25)22-9-7-21(8-10-22)13(2)16(23)20-14-5-6-14/h3-4,11-14H,5-10H2,1-2H3,(H,19,24)(H,20,23). The Kier molecular flexibility index (Phi) is 5.93. The van der Waals surface area contributed by atoms with Gasteiger partial charge in [-0.15, -0.1) is 11.3 Å². The molecule has 2 fully saturated rings. The lowest BCUT2D eigenvalue weighted by Gasteiger charge is -2.38. The van der Waals surface area contributed by atoms with E-state index in [0.717, 1.165) is 12.8 Å². The van der Waals surface area contributed by atoms with Crippen LogP contribution in [-0.2, 0) is 9.59 Å². The Morgan fingerprint density at radius 1 is 1.15 bits per heavy atom. The fourth-order valence-electron chi connectivity index (χ4n) is 3.06. The molecule has 1 saturated carbocycles. The molecular weight excluding hydrogens is 352 g/mol. The van der Waals surface area contributed by atoms with Gasteiger partial charge >= 0.3 is 0 Å². The lowest BCUT2D eigenvalue weighted by molar-refractivity contribution is -0.135. The van der Waals surface area contributed by atoms with Crippen molar-refractivity contribution in [2.75, 3.05) is 26.2 Å². The summed E-state index contributed by atoms with van der Waals surface area (Å²) < 4.78 is 0. The first-order chi connectivity index (χ1) is 12.5. The van der Waals surface area contributed by atoms with E-state index in [2.05, 4.69) is 15.5 Å². The zero-order valence-corrected chi connectivity index (χ0v) is 16.1. The zero-order valence-electron chi connectivity index (χ0n) is 15.2. The molecule has 2 heterocycles. The monoisotopic (exact) mass is 378 g/mol. The Morgan fingerprint density at radius 2 is 1.85 bits per heavy atom. The number of rotatable bonds is 6. The van der Waals surface area contributed by atoms with Crippen molar-refractivity contribution in [2.45, 2.75) is 44.8 Å². The molecule has 0 aromatic carbocycles. The maximum atomic E-state index is 12.6. The molecule has 1 aromatic heterocycles. The van der Waals surface area contributed by atoms with Gasteiger partial charge in [0.1, 0.15) is 6.04 Å². The summed E-state index contributed by atoms with van der Waals surface area (Å²) in [5.41, 5.74) is 0. The fourth-order valence-corrected chi connectivity index (χ4v) is 3.68. The van der Waals surface area contributed by atoms with Crippen molar-refractivity contribution in [2.24, 2.45) is 0 Å². The number of nitrogens with zero attached hydrogens (tertiary/aromatic N) is 2. The van der Waals surface area contributed by atoms with E-state index in [1.54, 1.807) is 17.9 Å². The Labute approximate surface area is 157 Å². The normalized spacial score (nSPS) is 20.3. The zero-order chi connectivity index (χ0) is 18.7. The molecule has 1 aromatic rings. The smallest absolute Gasteiger partial charge is 0.261 e. The van der Waals surface area contributed by atoms with Crippen LogP contribution in [0.25, 0.3) is 0 Å². The van der Waals surface area contributed by atoms with Crippen LogP contribution in [0.3, 0.4) is 0 Å². The minimum atomic E-state index is -0.563. The molecule has 142 valence electrons. The van der Waals surface area contributed by atoms with Crippen LogP contribution >= 0.6 is 11.3 Å². The Bertz CT molecular complexity index is 651. The molecule has 0 radical (unpaired) electrons. The van der Waals surface area contributed by atoms with E-state index in [4.69, 9.17) is 0 Å². The van der Waals surface area contributed by atoms with E-state index in [9.17, 15) is 14.4 Å². The van der Waals surface area contributed by atoms with Crippen molar-refractivity contribution in [3.63, 3.8) is 0 Å². The summed E-state index contributed by atoms with van der Waals surface area (Å²) >= 11 is 1.35. The van der Waals surface area contributed by atoms with E-state index in [1.165, 1.54) is 11.3 Å². The van der Waals surface area contributed by atoms with Gasteiger partial charge in [0.25, 0.3) is 5.91 Å². The van der Waals surface area contributed by atoms with Crippen molar-refractivity contribution in [1.82, 2.24) is 20.4 Å². The number of hydrogen-bond donors (Lipinski definition) is 2.